The molecule has 11 heteroatoms. The summed E-state index contributed by atoms with van der Waals surface area (Å²) in [4.78, 5) is 12.2. The van der Waals surface area contributed by atoms with Crippen molar-refractivity contribution in [2.24, 2.45) is 0 Å². The molecule has 3 aromatic rings. The predicted molar refractivity (Wildman–Crippen MR) is 124 cm³/mol. The lowest BCUT2D eigenvalue weighted by Crippen LogP contribution is -2.47. The number of unbranched alkanes of at least 4 members (excludes halogenated alkanes) is 1. The maximum absolute atomic E-state index is 12.2. The van der Waals surface area contributed by atoms with Gasteiger partial charge in [0.15, 0.2) is 16.0 Å². The second kappa shape index (κ2) is 11.1. The van der Waals surface area contributed by atoms with Gasteiger partial charge in [-0.3, -0.25) is 20.2 Å². The van der Waals surface area contributed by atoms with Gasteiger partial charge in [-0.1, -0.05) is 41.0 Å². The summed E-state index contributed by atoms with van der Waals surface area (Å²) in [5, 5.41) is 12.5. The minimum absolute atomic E-state index is 0.136. The molecule has 0 saturated carbocycles. The number of thiocarbonyl (C=S) groups is 1. The van der Waals surface area contributed by atoms with Crippen LogP contribution < -0.4 is 16.2 Å². The van der Waals surface area contributed by atoms with E-state index in [-0.39, 0.29) is 11.7 Å². The van der Waals surface area contributed by atoms with E-state index in [2.05, 4.69) is 49.2 Å². The van der Waals surface area contributed by atoms with Gasteiger partial charge in [-0.15, -0.1) is 10.2 Å². The van der Waals surface area contributed by atoms with Gasteiger partial charge < -0.3 is 9.73 Å². The van der Waals surface area contributed by atoms with Crippen LogP contribution >= 0.6 is 39.9 Å². The molecule has 3 rings (SSSR count). The van der Waals surface area contributed by atoms with Gasteiger partial charge in [-0.05, 0) is 55.0 Å². The Bertz CT molecular complexity index is 976. The molecule has 0 aliphatic rings. The number of amides is 1. The summed E-state index contributed by atoms with van der Waals surface area (Å²) in [6, 6.07) is 11.3. The van der Waals surface area contributed by atoms with E-state index in [1.54, 1.807) is 12.3 Å². The summed E-state index contributed by atoms with van der Waals surface area (Å²) >= 11 is 9.83. The number of halogens is 1. The average molecular weight is 509 g/mol. The van der Waals surface area contributed by atoms with Crippen LogP contribution in [0.1, 0.15) is 19.8 Å². The summed E-state index contributed by atoms with van der Waals surface area (Å²) in [5.74, 6) is 1.05. The Morgan fingerprint density at radius 3 is 2.73 bits per heavy atom. The number of carbonyl (C=O) groups excluding carboxylic acids is 1. The Labute approximate surface area is 192 Å². The maximum Gasteiger partial charge on any atom is 0.248 e. The second-order valence-corrected chi connectivity index (χ2v) is 8.43. The summed E-state index contributed by atoms with van der Waals surface area (Å²) in [6.07, 6.45) is 3.66. The molecule has 0 radical (unpaired) electrons. The lowest BCUT2D eigenvalue weighted by molar-refractivity contribution is -0.119. The fourth-order valence-corrected chi connectivity index (χ4v) is 3.64. The van der Waals surface area contributed by atoms with Crippen molar-refractivity contribution in [3.8, 4) is 17.3 Å². The molecule has 158 valence electrons. The first-order chi connectivity index (χ1) is 14.6. The van der Waals surface area contributed by atoms with Crippen LogP contribution in [0.3, 0.4) is 0 Å². The highest BCUT2D eigenvalue weighted by Gasteiger charge is 2.19. The van der Waals surface area contributed by atoms with Crippen LogP contribution in [0.5, 0.6) is 0 Å². The Balaban J connectivity index is 1.67. The van der Waals surface area contributed by atoms with Crippen molar-refractivity contribution in [3.05, 3.63) is 47.1 Å². The molecule has 30 heavy (non-hydrogen) atoms. The first-order valence-corrected chi connectivity index (χ1v) is 11.5. The number of hydrogen-bond acceptors (Lipinski definition) is 6. The summed E-state index contributed by atoms with van der Waals surface area (Å²) in [6.45, 7) is 2.86. The number of hydrazine groups is 1. The van der Waals surface area contributed by atoms with Crippen molar-refractivity contribution in [1.82, 2.24) is 30.9 Å². The van der Waals surface area contributed by atoms with E-state index < -0.39 is 0 Å². The zero-order valence-electron chi connectivity index (χ0n) is 16.2. The largest absolute Gasteiger partial charge is 0.461 e. The van der Waals surface area contributed by atoms with Crippen LogP contribution in [-0.4, -0.2) is 38.1 Å². The van der Waals surface area contributed by atoms with E-state index in [0.29, 0.717) is 21.9 Å². The number of carbonyl (C=O) groups is 1. The summed E-state index contributed by atoms with van der Waals surface area (Å²) < 4.78 is 8.31. The zero-order chi connectivity index (χ0) is 21.3. The molecule has 2 heterocycles. The highest BCUT2D eigenvalue weighted by Crippen LogP contribution is 2.28. The number of hydrogen-bond donors (Lipinski definition) is 3. The van der Waals surface area contributed by atoms with E-state index in [4.69, 9.17) is 16.6 Å². The minimum Gasteiger partial charge on any atom is -0.461 e. The average Bonchev–Trinajstić information content (AvgIpc) is 3.41. The van der Waals surface area contributed by atoms with Crippen molar-refractivity contribution in [2.75, 3.05) is 12.3 Å². The lowest BCUT2D eigenvalue weighted by atomic mass is 10.3. The van der Waals surface area contributed by atoms with Crippen molar-refractivity contribution < 1.29 is 9.21 Å². The lowest BCUT2D eigenvalue weighted by Gasteiger charge is -2.11. The van der Waals surface area contributed by atoms with Gasteiger partial charge in [0.05, 0.1) is 12.0 Å². The maximum atomic E-state index is 12.2. The van der Waals surface area contributed by atoms with Crippen LogP contribution in [0.4, 0.5) is 0 Å². The zero-order valence-corrected chi connectivity index (χ0v) is 19.4. The van der Waals surface area contributed by atoms with Crippen LogP contribution in [-0.2, 0) is 4.79 Å². The van der Waals surface area contributed by atoms with E-state index in [1.165, 1.54) is 11.8 Å². The monoisotopic (exact) mass is 508 g/mol. The third-order valence-electron chi connectivity index (χ3n) is 3.92. The second-order valence-electron chi connectivity index (χ2n) is 6.17. The first kappa shape index (κ1) is 22.3. The van der Waals surface area contributed by atoms with Gasteiger partial charge in [0.1, 0.15) is 0 Å². The Morgan fingerprint density at radius 1 is 1.23 bits per heavy atom. The molecule has 8 nitrogen and oxygen atoms in total. The van der Waals surface area contributed by atoms with Crippen molar-refractivity contribution >= 4 is 50.9 Å². The summed E-state index contributed by atoms with van der Waals surface area (Å²) in [5.41, 5.74) is 6.15. The predicted octanol–water partition coefficient (Wildman–Crippen LogP) is 3.68. The third kappa shape index (κ3) is 6.07. The number of aromatic nitrogens is 3. The summed E-state index contributed by atoms with van der Waals surface area (Å²) in [7, 11) is 0. The SMILES string of the molecule is CCCCNC(=S)NNC(=O)CSc1nnc(-c2ccco2)n1-c1ccc(Br)cc1. The van der Waals surface area contributed by atoms with E-state index in [0.717, 1.165) is 29.5 Å². The first-order valence-electron chi connectivity index (χ1n) is 9.29. The molecule has 3 N–H and O–H groups in total. The molecule has 0 atom stereocenters. The van der Waals surface area contributed by atoms with Gasteiger partial charge in [0.25, 0.3) is 0 Å². The molecule has 1 aromatic carbocycles. The number of nitrogens with zero attached hydrogens (tertiary/aromatic N) is 3. The van der Waals surface area contributed by atoms with Crippen LogP contribution in [0, 0.1) is 0 Å². The Hall–Kier alpha value is -2.37. The van der Waals surface area contributed by atoms with Crippen LogP contribution in [0.2, 0.25) is 0 Å². The van der Waals surface area contributed by atoms with Gasteiger partial charge in [-0.25, -0.2) is 0 Å². The van der Waals surface area contributed by atoms with Gasteiger partial charge in [-0.2, -0.15) is 0 Å². The van der Waals surface area contributed by atoms with Gasteiger partial charge in [0, 0.05) is 16.7 Å². The number of nitrogens with one attached hydrogen (secondary N) is 3. The Kier molecular flexibility index (Phi) is 8.29. The van der Waals surface area contributed by atoms with Crippen molar-refractivity contribution in [3.63, 3.8) is 0 Å². The molecule has 0 fully saturated rings. The molecule has 2 aromatic heterocycles. The molecule has 0 bridgehead atoms. The van der Waals surface area contributed by atoms with Crippen molar-refractivity contribution in [1.29, 1.82) is 0 Å². The fourth-order valence-electron chi connectivity index (χ4n) is 2.47. The van der Waals surface area contributed by atoms with Crippen molar-refractivity contribution in [2.45, 2.75) is 24.9 Å². The van der Waals surface area contributed by atoms with Gasteiger partial charge in [0.2, 0.25) is 11.7 Å². The quantitative estimate of drug-likeness (QED) is 0.183. The molecule has 0 spiro atoms. The molecule has 0 aliphatic heterocycles. The molecule has 1 amide bonds. The Morgan fingerprint density at radius 2 is 2.03 bits per heavy atom. The number of rotatable bonds is 8. The number of furan rings is 1. The minimum atomic E-state index is -0.232. The van der Waals surface area contributed by atoms with E-state index in [9.17, 15) is 4.79 Å². The topological polar surface area (TPSA) is 97.0 Å². The van der Waals surface area contributed by atoms with Crippen LogP contribution in [0.25, 0.3) is 17.3 Å². The van der Waals surface area contributed by atoms with Gasteiger partial charge >= 0.3 is 0 Å². The van der Waals surface area contributed by atoms with E-state index >= 15 is 0 Å². The van der Waals surface area contributed by atoms with E-state index in [1.807, 2.05) is 34.9 Å². The standard InChI is InChI=1S/C19H21BrN6O2S2/c1-2-3-10-21-18(29)24-22-16(27)12-30-19-25-23-17(15-5-4-11-28-15)26(19)14-8-6-13(20)7-9-14/h4-9,11H,2-3,10,12H2,1H3,(H,22,27)(H2,21,24,29). The number of benzene rings is 1. The molecule has 0 aliphatic carbocycles. The molecule has 0 unspecified atom stereocenters. The smallest absolute Gasteiger partial charge is 0.248 e. The van der Waals surface area contributed by atoms with Crippen LogP contribution in [0.15, 0.2) is 56.7 Å². The molecular weight excluding hydrogens is 488 g/mol. The molecule has 0 saturated heterocycles. The normalized spacial score (nSPS) is 10.6. The highest BCUT2D eigenvalue weighted by molar-refractivity contribution is 9.10. The fraction of sp³-hybridized carbons (Fsp3) is 0.263. The third-order valence-corrected chi connectivity index (χ3v) is 5.63. The number of thioether (sulfide) groups is 1. The highest BCUT2D eigenvalue weighted by atomic mass is 79.9. The molecular formula is C19H21BrN6O2S2.